The third-order valence-corrected chi connectivity index (χ3v) is 4.89. The van der Waals surface area contributed by atoms with Gasteiger partial charge in [0.05, 0.1) is 22.6 Å². The summed E-state index contributed by atoms with van der Waals surface area (Å²) in [6, 6.07) is 7.70. The first kappa shape index (κ1) is 14.0. The molecule has 1 saturated carbocycles. The second-order valence-electron chi connectivity index (χ2n) is 4.75. The maximum atomic E-state index is 12.0. The van der Waals surface area contributed by atoms with E-state index in [1.807, 2.05) is 6.07 Å². The molecule has 19 heavy (non-hydrogen) atoms. The minimum atomic E-state index is -3.57. The molecule has 1 aromatic rings. The Bertz CT molecular complexity index is 575. The highest BCUT2D eigenvalue weighted by molar-refractivity contribution is 7.89. The summed E-state index contributed by atoms with van der Waals surface area (Å²) in [5.41, 5.74) is 0.421. The molecule has 2 atom stereocenters. The van der Waals surface area contributed by atoms with Gasteiger partial charge in [0.15, 0.2) is 0 Å². The topological polar surface area (TPSA) is 90.2 Å². The second kappa shape index (κ2) is 5.70. The van der Waals surface area contributed by atoms with Crippen LogP contribution in [0, 0.1) is 17.2 Å². The molecule has 0 bridgehead atoms. The summed E-state index contributed by atoms with van der Waals surface area (Å²) in [4.78, 5) is 0.138. The van der Waals surface area contributed by atoms with Crippen LogP contribution in [0.2, 0.25) is 0 Å². The maximum Gasteiger partial charge on any atom is 0.240 e. The molecule has 0 aliphatic heterocycles. The average molecular weight is 280 g/mol. The van der Waals surface area contributed by atoms with E-state index < -0.39 is 16.1 Å². The summed E-state index contributed by atoms with van der Waals surface area (Å²) < 4.78 is 26.6. The number of aliphatic hydroxyl groups excluding tert-OH is 1. The first-order chi connectivity index (χ1) is 9.03. The second-order valence-corrected chi connectivity index (χ2v) is 6.51. The Morgan fingerprint density at radius 3 is 2.53 bits per heavy atom. The maximum absolute atomic E-state index is 12.0. The predicted octanol–water partition coefficient (Wildman–Crippen LogP) is 0.998. The Labute approximate surface area is 112 Å². The summed E-state index contributed by atoms with van der Waals surface area (Å²) in [5.74, 6) is -0.00634. The molecule has 2 rings (SSSR count). The smallest absolute Gasteiger partial charge is 0.240 e. The van der Waals surface area contributed by atoms with E-state index in [2.05, 4.69) is 4.72 Å². The van der Waals surface area contributed by atoms with Crippen molar-refractivity contribution in [3.63, 3.8) is 0 Å². The van der Waals surface area contributed by atoms with Crippen molar-refractivity contribution in [2.45, 2.75) is 30.3 Å². The number of benzene rings is 1. The van der Waals surface area contributed by atoms with E-state index in [0.717, 1.165) is 19.3 Å². The van der Waals surface area contributed by atoms with Gasteiger partial charge in [0.25, 0.3) is 0 Å². The van der Waals surface area contributed by atoms with Crippen molar-refractivity contribution in [3.8, 4) is 6.07 Å². The fourth-order valence-electron chi connectivity index (χ4n) is 2.26. The van der Waals surface area contributed by atoms with Crippen LogP contribution >= 0.6 is 0 Å². The highest BCUT2D eigenvalue weighted by atomic mass is 32.2. The van der Waals surface area contributed by atoms with E-state index in [0.29, 0.717) is 5.56 Å². The summed E-state index contributed by atoms with van der Waals surface area (Å²) in [5, 5.41) is 18.3. The first-order valence-corrected chi connectivity index (χ1v) is 7.69. The molecule has 0 spiro atoms. The van der Waals surface area contributed by atoms with Crippen molar-refractivity contribution in [2.24, 2.45) is 5.92 Å². The van der Waals surface area contributed by atoms with Gasteiger partial charge in [-0.2, -0.15) is 5.26 Å². The Hall–Kier alpha value is -1.42. The van der Waals surface area contributed by atoms with E-state index in [1.165, 1.54) is 24.3 Å². The Kier molecular flexibility index (Phi) is 4.20. The minimum absolute atomic E-state index is 0.00634. The quantitative estimate of drug-likeness (QED) is 0.860. The molecule has 6 heteroatoms. The third-order valence-electron chi connectivity index (χ3n) is 3.45. The van der Waals surface area contributed by atoms with Crippen molar-refractivity contribution >= 4 is 10.0 Å². The van der Waals surface area contributed by atoms with Gasteiger partial charge in [-0.1, -0.05) is 6.42 Å². The summed E-state index contributed by atoms with van der Waals surface area (Å²) >= 11 is 0. The van der Waals surface area contributed by atoms with Crippen LogP contribution in [0.25, 0.3) is 0 Å². The summed E-state index contributed by atoms with van der Waals surface area (Å²) in [6.45, 7) is 0.253. The zero-order chi connectivity index (χ0) is 13.9. The summed E-state index contributed by atoms with van der Waals surface area (Å²) in [6.07, 6.45) is 2.11. The minimum Gasteiger partial charge on any atom is -0.393 e. The molecular formula is C13H16N2O3S. The van der Waals surface area contributed by atoms with Crippen LogP contribution in [0.5, 0.6) is 0 Å². The van der Waals surface area contributed by atoms with Gasteiger partial charge in [-0.05, 0) is 43.0 Å². The third kappa shape index (κ3) is 3.32. The van der Waals surface area contributed by atoms with Gasteiger partial charge in [0, 0.05) is 6.54 Å². The summed E-state index contributed by atoms with van der Waals surface area (Å²) in [7, 11) is -3.57. The molecule has 0 heterocycles. The molecule has 5 nitrogen and oxygen atoms in total. The molecule has 0 saturated heterocycles. The fourth-order valence-corrected chi connectivity index (χ4v) is 3.36. The van der Waals surface area contributed by atoms with Crippen molar-refractivity contribution in [2.75, 3.05) is 6.54 Å². The van der Waals surface area contributed by atoms with Gasteiger partial charge in [-0.25, -0.2) is 13.1 Å². The lowest BCUT2D eigenvalue weighted by Crippen LogP contribution is -2.32. The van der Waals surface area contributed by atoms with Crippen LogP contribution < -0.4 is 4.72 Å². The molecule has 0 amide bonds. The number of sulfonamides is 1. The molecule has 1 aromatic carbocycles. The average Bonchev–Trinajstić information content (AvgIpc) is 2.82. The highest BCUT2D eigenvalue weighted by Crippen LogP contribution is 2.25. The lowest BCUT2D eigenvalue weighted by Gasteiger charge is -2.15. The number of rotatable bonds is 4. The number of nitrogens with one attached hydrogen (secondary N) is 1. The van der Waals surface area contributed by atoms with Gasteiger partial charge >= 0.3 is 0 Å². The van der Waals surface area contributed by atoms with Gasteiger partial charge in [0.1, 0.15) is 0 Å². The predicted molar refractivity (Wildman–Crippen MR) is 69.7 cm³/mol. The SMILES string of the molecule is N#Cc1ccc(S(=O)(=O)NCC2CCCC2O)cc1. The molecule has 2 unspecified atom stereocenters. The van der Waals surface area contributed by atoms with Crippen molar-refractivity contribution in [1.29, 1.82) is 5.26 Å². The van der Waals surface area contributed by atoms with Crippen LogP contribution in [0.1, 0.15) is 24.8 Å². The molecule has 1 aliphatic carbocycles. The van der Waals surface area contributed by atoms with E-state index in [-0.39, 0.29) is 17.4 Å². The van der Waals surface area contributed by atoms with Crippen LogP contribution in [0.15, 0.2) is 29.2 Å². The first-order valence-electron chi connectivity index (χ1n) is 6.21. The van der Waals surface area contributed by atoms with E-state index in [9.17, 15) is 13.5 Å². The van der Waals surface area contributed by atoms with E-state index in [1.54, 1.807) is 0 Å². The zero-order valence-corrected chi connectivity index (χ0v) is 11.2. The van der Waals surface area contributed by atoms with Crippen molar-refractivity contribution < 1.29 is 13.5 Å². The van der Waals surface area contributed by atoms with Crippen LogP contribution in [-0.4, -0.2) is 26.2 Å². The fraction of sp³-hybridized carbons (Fsp3) is 0.462. The number of nitrogens with zero attached hydrogens (tertiary/aromatic N) is 1. The van der Waals surface area contributed by atoms with Crippen LogP contribution in [0.3, 0.4) is 0 Å². The molecule has 102 valence electrons. The molecule has 2 N–H and O–H groups in total. The number of hydrogen-bond donors (Lipinski definition) is 2. The van der Waals surface area contributed by atoms with Gasteiger partial charge in [-0.3, -0.25) is 0 Å². The Morgan fingerprint density at radius 2 is 2.00 bits per heavy atom. The number of nitriles is 1. The van der Waals surface area contributed by atoms with Gasteiger partial charge < -0.3 is 5.11 Å². The highest BCUT2D eigenvalue weighted by Gasteiger charge is 2.26. The van der Waals surface area contributed by atoms with Crippen molar-refractivity contribution in [3.05, 3.63) is 29.8 Å². The van der Waals surface area contributed by atoms with E-state index >= 15 is 0 Å². The van der Waals surface area contributed by atoms with Gasteiger partial charge in [-0.15, -0.1) is 0 Å². The molecule has 1 aliphatic rings. The largest absolute Gasteiger partial charge is 0.393 e. The monoisotopic (exact) mass is 280 g/mol. The van der Waals surface area contributed by atoms with E-state index in [4.69, 9.17) is 5.26 Å². The Morgan fingerprint density at radius 1 is 1.32 bits per heavy atom. The lowest BCUT2D eigenvalue weighted by atomic mass is 10.1. The molecule has 0 radical (unpaired) electrons. The normalized spacial score (nSPS) is 23.2. The lowest BCUT2D eigenvalue weighted by molar-refractivity contribution is 0.134. The van der Waals surface area contributed by atoms with Crippen molar-refractivity contribution in [1.82, 2.24) is 4.72 Å². The van der Waals surface area contributed by atoms with Gasteiger partial charge in [0.2, 0.25) is 10.0 Å². The van der Waals surface area contributed by atoms with Crippen LogP contribution in [0.4, 0.5) is 0 Å². The van der Waals surface area contributed by atoms with Crippen LogP contribution in [-0.2, 0) is 10.0 Å². The molecule has 1 fully saturated rings. The molecule has 0 aromatic heterocycles. The number of aliphatic hydroxyl groups is 1. The Balaban J connectivity index is 2.03. The number of hydrogen-bond acceptors (Lipinski definition) is 4. The molecular weight excluding hydrogens is 264 g/mol. The standard InChI is InChI=1S/C13H16N2O3S/c14-8-10-4-6-12(7-5-10)19(17,18)15-9-11-2-1-3-13(11)16/h4-7,11,13,15-16H,1-3,9H2. The zero-order valence-electron chi connectivity index (χ0n) is 10.4.